The van der Waals surface area contributed by atoms with Crippen molar-refractivity contribution in [2.75, 3.05) is 31.7 Å². The van der Waals surface area contributed by atoms with Gasteiger partial charge in [-0.05, 0) is 19.1 Å². The van der Waals surface area contributed by atoms with Gasteiger partial charge in [0.2, 0.25) is 5.88 Å². The van der Waals surface area contributed by atoms with E-state index in [2.05, 4.69) is 25.3 Å². The quantitative estimate of drug-likeness (QED) is 0.256. The van der Waals surface area contributed by atoms with Gasteiger partial charge >= 0.3 is 0 Å². The number of amides is 1. The number of amidine groups is 1. The molecule has 3 aromatic heterocycles. The third kappa shape index (κ3) is 5.20. The van der Waals surface area contributed by atoms with Crippen molar-refractivity contribution in [1.29, 1.82) is 0 Å². The molecule has 1 aliphatic heterocycles. The Hall–Kier alpha value is -4.85. The molecule has 5 N–H and O–H groups in total. The highest BCUT2D eigenvalue weighted by molar-refractivity contribution is 6.01. The first-order valence-corrected chi connectivity index (χ1v) is 12.0. The molecule has 1 atom stereocenters. The molecule has 0 spiro atoms. The molecule has 0 saturated heterocycles. The SMILES string of the molecule is CCOc1ncc(-c2c[nH]c3nccc(Oc4c(F)cc(NC5=NCC(F)(CO)CO5)cc4F)c23)cc1C(N)=O. The lowest BCUT2D eigenvalue weighted by Crippen LogP contribution is -2.43. The van der Waals surface area contributed by atoms with E-state index in [1.807, 2.05) is 0 Å². The van der Waals surface area contributed by atoms with Crippen LogP contribution in [0.3, 0.4) is 0 Å². The molecular weight excluding hydrogens is 533 g/mol. The molecule has 4 aromatic rings. The number of aromatic amines is 1. The van der Waals surface area contributed by atoms with E-state index in [0.29, 0.717) is 22.2 Å². The van der Waals surface area contributed by atoms with Crippen LogP contribution in [0.1, 0.15) is 17.3 Å². The van der Waals surface area contributed by atoms with Gasteiger partial charge in [-0.3, -0.25) is 4.79 Å². The summed E-state index contributed by atoms with van der Waals surface area (Å²) in [7, 11) is 0. The molecule has 0 bridgehead atoms. The Morgan fingerprint density at radius 1 is 1.27 bits per heavy atom. The van der Waals surface area contributed by atoms with Gasteiger partial charge < -0.3 is 35.4 Å². The largest absolute Gasteiger partial charge is 0.477 e. The first-order valence-electron chi connectivity index (χ1n) is 12.0. The Kier molecular flexibility index (Phi) is 7.17. The van der Waals surface area contributed by atoms with Crippen molar-refractivity contribution < 1.29 is 37.3 Å². The van der Waals surface area contributed by atoms with Crippen LogP contribution in [-0.2, 0) is 4.74 Å². The second kappa shape index (κ2) is 10.7. The van der Waals surface area contributed by atoms with Gasteiger partial charge in [0.1, 0.15) is 23.6 Å². The van der Waals surface area contributed by atoms with Gasteiger partial charge in [0, 0.05) is 47.5 Å². The maximum Gasteiger partial charge on any atom is 0.289 e. The fraction of sp³-hybridized carbons (Fsp3) is 0.231. The molecule has 14 heteroatoms. The number of carbonyl (C=O) groups is 1. The lowest BCUT2D eigenvalue weighted by molar-refractivity contribution is 0.0181. The van der Waals surface area contributed by atoms with Crippen molar-refractivity contribution >= 4 is 28.6 Å². The highest BCUT2D eigenvalue weighted by Gasteiger charge is 2.34. The smallest absolute Gasteiger partial charge is 0.289 e. The molecule has 1 amide bonds. The van der Waals surface area contributed by atoms with E-state index < -0.39 is 42.2 Å². The number of rotatable bonds is 8. The summed E-state index contributed by atoms with van der Waals surface area (Å²) in [5.74, 6) is -3.38. The lowest BCUT2D eigenvalue weighted by atomic mass is 10.0. The molecule has 0 radical (unpaired) electrons. The maximum absolute atomic E-state index is 15.1. The van der Waals surface area contributed by atoms with Gasteiger partial charge in [-0.1, -0.05) is 0 Å². The monoisotopic (exact) mass is 556 g/mol. The first kappa shape index (κ1) is 26.7. The number of nitrogens with zero attached hydrogens (tertiary/aromatic N) is 3. The number of aliphatic hydroxyl groups excluding tert-OH is 1. The summed E-state index contributed by atoms with van der Waals surface area (Å²) in [6.45, 7) is 0.396. The van der Waals surface area contributed by atoms with E-state index in [1.54, 1.807) is 13.1 Å². The predicted molar refractivity (Wildman–Crippen MR) is 138 cm³/mol. The van der Waals surface area contributed by atoms with E-state index in [0.717, 1.165) is 12.1 Å². The molecule has 5 rings (SSSR count). The third-order valence-electron chi connectivity index (χ3n) is 5.96. The van der Waals surface area contributed by atoms with Crippen LogP contribution in [-0.4, -0.2) is 64.0 Å². The number of fused-ring (bicyclic) bond motifs is 1. The van der Waals surface area contributed by atoms with E-state index in [1.165, 1.54) is 24.5 Å². The van der Waals surface area contributed by atoms with Crippen molar-refractivity contribution in [2.24, 2.45) is 10.7 Å². The topological polar surface area (TPSA) is 157 Å². The fourth-order valence-corrected chi connectivity index (χ4v) is 4.00. The molecule has 0 saturated carbocycles. The highest BCUT2D eigenvalue weighted by atomic mass is 19.1. The molecule has 11 nitrogen and oxygen atoms in total. The normalized spacial score (nSPS) is 16.8. The number of aliphatic hydroxyl groups is 1. The second-order valence-corrected chi connectivity index (χ2v) is 8.82. The minimum absolute atomic E-state index is 0.0559. The van der Waals surface area contributed by atoms with Gasteiger partial charge in [0.15, 0.2) is 23.1 Å². The summed E-state index contributed by atoms with van der Waals surface area (Å²) in [6, 6.07) is 4.68. The average molecular weight is 557 g/mol. The number of nitrogens with one attached hydrogen (secondary N) is 2. The number of ether oxygens (including phenoxy) is 3. The van der Waals surface area contributed by atoms with Crippen LogP contribution >= 0.6 is 0 Å². The Morgan fingerprint density at radius 2 is 2.05 bits per heavy atom. The van der Waals surface area contributed by atoms with Gasteiger partial charge in [-0.15, -0.1) is 0 Å². The van der Waals surface area contributed by atoms with Crippen molar-refractivity contribution in [1.82, 2.24) is 15.0 Å². The summed E-state index contributed by atoms with van der Waals surface area (Å²) < 4.78 is 60.3. The number of nitrogens with two attached hydrogens (primary N) is 1. The Morgan fingerprint density at radius 3 is 2.70 bits per heavy atom. The van der Waals surface area contributed by atoms with Crippen molar-refractivity contribution in [3.63, 3.8) is 0 Å². The Bertz CT molecular complexity index is 1600. The zero-order valence-electron chi connectivity index (χ0n) is 21.0. The van der Waals surface area contributed by atoms with Crippen molar-refractivity contribution in [2.45, 2.75) is 12.6 Å². The van der Waals surface area contributed by atoms with Crippen LogP contribution in [0.2, 0.25) is 0 Å². The number of primary amides is 1. The van der Waals surface area contributed by atoms with Gasteiger partial charge in [-0.25, -0.2) is 28.1 Å². The number of aliphatic imine (C=N–C) groups is 1. The molecular formula is C26H23F3N6O5. The zero-order chi connectivity index (χ0) is 28.4. The summed E-state index contributed by atoms with van der Waals surface area (Å²) in [4.78, 5) is 27.2. The Balaban J connectivity index is 1.46. The third-order valence-corrected chi connectivity index (χ3v) is 5.96. The number of anilines is 1. The van der Waals surface area contributed by atoms with E-state index in [-0.39, 0.29) is 42.1 Å². The molecule has 1 unspecified atom stereocenters. The lowest BCUT2D eigenvalue weighted by Gasteiger charge is -2.26. The number of alkyl halides is 1. The molecule has 208 valence electrons. The first-order chi connectivity index (χ1) is 19.2. The molecule has 1 aromatic carbocycles. The Labute approximate surface area is 224 Å². The molecule has 0 aliphatic carbocycles. The number of carbonyl (C=O) groups excluding carboxylic acids is 1. The standard InChI is InChI=1S/C26H23F3N6O5/c1-2-38-24-15(22(30)37)5-13(8-33-24)16-9-32-23-20(16)19(3-4-31-23)40-21-17(27)6-14(7-18(21)28)35-25-34-10-26(29,11-36)12-39-25/h3-9,36H,2,10-12H2,1H3,(H2,30,37)(H,31,32)(H,34,35). The summed E-state index contributed by atoms with van der Waals surface area (Å²) in [6.07, 6.45) is 4.44. The van der Waals surface area contributed by atoms with Crippen LogP contribution in [0.25, 0.3) is 22.2 Å². The van der Waals surface area contributed by atoms with Gasteiger partial charge in [-0.2, -0.15) is 0 Å². The molecule has 4 heterocycles. The number of benzene rings is 1. The van der Waals surface area contributed by atoms with Crippen molar-refractivity contribution in [3.8, 4) is 28.5 Å². The van der Waals surface area contributed by atoms with E-state index in [9.17, 15) is 9.18 Å². The van der Waals surface area contributed by atoms with Gasteiger partial charge in [0.25, 0.3) is 11.9 Å². The second-order valence-electron chi connectivity index (χ2n) is 8.82. The number of hydrogen-bond acceptors (Lipinski definition) is 9. The maximum atomic E-state index is 15.1. The number of pyridine rings is 2. The van der Waals surface area contributed by atoms with E-state index >= 15 is 8.78 Å². The highest BCUT2D eigenvalue weighted by Crippen LogP contribution is 2.39. The van der Waals surface area contributed by atoms with Crippen LogP contribution in [0.15, 0.2) is 47.8 Å². The van der Waals surface area contributed by atoms with Crippen molar-refractivity contribution in [3.05, 3.63) is 60.1 Å². The molecule has 0 fully saturated rings. The summed E-state index contributed by atoms with van der Waals surface area (Å²) >= 11 is 0. The predicted octanol–water partition coefficient (Wildman–Crippen LogP) is 3.69. The van der Waals surface area contributed by atoms with Crippen LogP contribution in [0.4, 0.5) is 18.9 Å². The molecule has 1 aliphatic rings. The summed E-state index contributed by atoms with van der Waals surface area (Å²) in [5.41, 5.74) is 4.76. The van der Waals surface area contributed by atoms with E-state index in [4.69, 9.17) is 25.1 Å². The minimum atomic E-state index is -2.02. The fourth-order valence-electron chi connectivity index (χ4n) is 4.00. The minimum Gasteiger partial charge on any atom is -0.477 e. The van der Waals surface area contributed by atoms with Crippen LogP contribution < -0.4 is 20.5 Å². The van der Waals surface area contributed by atoms with Crippen LogP contribution in [0.5, 0.6) is 17.4 Å². The average Bonchev–Trinajstić information content (AvgIpc) is 3.37. The molecule has 40 heavy (non-hydrogen) atoms. The van der Waals surface area contributed by atoms with Crippen LogP contribution in [0, 0.1) is 11.6 Å². The van der Waals surface area contributed by atoms with Gasteiger partial charge in [0.05, 0.1) is 25.1 Å². The number of hydrogen-bond donors (Lipinski definition) is 4. The summed E-state index contributed by atoms with van der Waals surface area (Å²) in [5, 5.41) is 12.0. The number of H-pyrrole nitrogens is 1. The zero-order valence-corrected chi connectivity index (χ0v) is 21.0. The number of halogens is 3. The number of aromatic nitrogens is 3.